The van der Waals surface area contributed by atoms with E-state index in [0.717, 1.165) is 6.07 Å². The minimum atomic E-state index is -3.00. The van der Waals surface area contributed by atoms with Crippen molar-refractivity contribution < 1.29 is 12.8 Å². The highest BCUT2D eigenvalue weighted by Gasteiger charge is 2.09. The van der Waals surface area contributed by atoms with E-state index in [1.807, 2.05) is 0 Å². The molecule has 0 amide bonds. The highest BCUT2D eigenvalue weighted by molar-refractivity contribution is 7.75. The van der Waals surface area contributed by atoms with Gasteiger partial charge < -0.3 is 0 Å². The summed E-state index contributed by atoms with van der Waals surface area (Å²) >= 11 is 5.24. The van der Waals surface area contributed by atoms with Crippen molar-refractivity contribution in [1.29, 1.82) is 0 Å². The van der Waals surface area contributed by atoms with Crippen LogP contribution in [0.3, 0.4) is 0 Å². The highest BCUT2D eigenvalue weighted by atomic mass is 35.5. The molecule has 0 unspecified atom stereocenters. The predicted molar refractivity (Wildman–Crippen MR) is 45.0 cm³/mol. The molecular formula is C6H5ClFNO2S. The van der Waals surface area contributed by atoms with Gasteiger partial charge in [-0.1, -0.05) is 12.1 Å². The quantitative estimate of drug-likeness (QED) is 0.589. The Labute approximate surface area is 75.6 Å². The van der Waals surface area contributed by atoms with Crippen LogP contribution in [0.25, 0.3) is 0 Å². The van der Waals surface area contributed by atoms with Gasteiger partial charge >= 0.3 is 0 Å². The molecule has 0 bridgehead atoms. The number of hydrogen-bond acceptors (Lipinski definition) is 2. The maximum absolute atomic E-state index is 12.8. The maximum Gasteiger partial charge on any atom is 0.238 e. The Hall–Kier alpha value is -0.810. The second-order valence-corrected chi connectivity index (χ2v) is 3.40. The average Bonchev–Trinajstić information content (AvgIpc) is 2.04. The first kappa shape index (κ1) is 9.28. The summed E-state index contributed by atoms with van der Waals surface area (Å²) < 4.78 is 33.8. The van der Waals surface area contributed by atoms with E-state index in [2.05, 4.69) is 0 Å². The maximum atomic E-state index is 12.8. The van der Waals surface area contributed by atoms with Gasteiger partial charge in [-0.05, 0) is 12.1 Å². The molecule has 1 rings (SSSR count). The van der Waals surface area contributed by atoms with Crippen molar-refractivity contribution >= 4 is 28.4 Å². The molecule has 0 N–H and O–H groups in total. The second-order valence-electron chi connectivity index (χ2n) is 1.95. The molecule has 0 saturated carbocycles. The van der Waals surface area contributed by atoms with Gasteiger partial charge in [-0.3, -0.25) is 0 Å². The van der Waals surface area contributed by atoms with Crippen molar-refractivity contribution in [3.63, 3.8) is 0 Å². The van der Waals surface area contributed by atoms with E-state index in [4.69, 9.17) is 11.8 Å². The van der Waals surface area contributed by atoms with Crippen molar-refractivity contribution in [2.75, 3.05) is 3.82 Å². The lowest BCUT2D eigenvalue weighted by atomic mass is 10.3. The molecule has 0 atom stereocenters. The van der Waals surface area contributed by atoms with Gasteiger partial charge in [-0.2, -0.15) is 3.82 Å². The van der Waals surface area contributed by atoms with E-state index in [1.54, 1.807) is 0 Å². The first-order valence-electron chi connectivity index (χ1n) is 2.97. The van der Waals surface area contributed by atoms with Crippen LogP contribution in [0.4, 0.5) is 10.1 Å². The first-order chi connectivity index (χ1) is 5.63. The topological polar surface area (TPSA) is 37.4 Å². The summed E-state index contributed by atoms with van der Waals surface area (Å²) in [5, 5.41) is 0. The van der Waals surface area contributed by atoms with Crippen molar-refractivity contribution in [3.8, 4) is 0 Å². The molecule has 66 valence electrons. The number of nitrogens with zero attached hydrogens (tertiary/aromatic N) is 1. The van der Waals surface area contributed by atoms with Crippen molar-refractivity contribution in [2.45, 2.75) is 0 Å². The molecule has 0 radical (unpaired) electrons. The fourth-order valence-corrected chi connectivity index (χ4v) is 1.16. The van der Waals surface area contributed by atoms with Crippen molar-refractivity contribution in [1.82, 2.24) is 0 Å². The van der Waals surface area contributed by atoms with Crippen LogP contribution in [-0.2, 0) is 10.9 Å². The third-order valence-electron chi connectivity index (χ3n) is 1.19. The molecule has 0 aliphatic rings. The van der Waals surface area contributed by atoms with Gasteiger partial charge in [0.25, 0.3) is 0 Å². The summed E-state index contributed by atoms with van der Waals surface area (Å²) in [6.07, 6.45) is 0. The molecule has 0 aliphatic carbocycles. The highest BCUT2D eigenvalue weighted by Crippen LogP contribution is 2.19. The molecule has 12 heavy (non-hydrogen) atoms. The Morgan fingerprint density at radius 1 is 1.33 bits per heavy atom. The van der Waals surface area contributed by atoms with Gasteiger partial charge in [0.15, 0.2) is 0 Å². The zero-order valence-electron chi connectivity index (χ0n) is 5.78. The van der Waals surface area contributed by atoms with Gasteiger partial charge in [0.05, 0.1) is 0 Å². The standard InChI is InChI=1S/C6H5ClFNO2S/c7-9(12(10)11)6-4-2-1-3-5(6)8/h1-4,12H. The van der Waals surface area contributed by atoms with Crippen LogP contribution in [0.2, 0.25) is 0 Å². The smallest absolute Gasteiger partial charge is 0.208 e. The van der Waals surface area contributed by atoms with Gasteiger partial charge in [0, 0.05) is 11.8 Å². The molecule has 3 nitrogen and oxygen atoms in total. The first-order valence-corrected chi connectivity index (χ1v) is 4.44. The Kier molecular flexibility index (Phi) is 2.88. The largest absolute Gasteiger partial charge is 0.238 e. The van der Waals surface area contributed by atoms with Crippen LogP contribution >= 0.6 is 11.8 Å². The Morgan fingerprint density at radius 3 is 2.42 bits per heavy atom. The fraction of sp³-hybridized carbons (Fsp3) is 0. The average molecular weight is 210 g/mol. The number of rotatable bonds is 2. The summed E-state index contributed by atoms with van der Waals surface area (Å²) in [5.74, 6) is -0.674. The summed E-state index contributed by atoms with van der Waals surface area (Å²) in [6.45, 7) is 0. The van der Waals surface area contributed by atoms with Crippen LogP contribution in [-0.4, -0.2) is 8.42 Å². The molecule has 0 aromatic heterocycles. The minimum absolute atomic E-state index is 0.171. The molecular weight excluding hydrogens is 205 g/mol. The minimum Gasteiger partial charge on any atom is -0.208 e. The summed E-state index contributed by atoms with van der Waals surface area (Å²) in [5.41, 5.74) is -0.171. The molecule has 1 aromatic rings. The van der Waals surface area contributed by atoms with Crippen molar-refractivity contribution in [3.05, 3.63) is 30.1 Å². The number of para-hydroxylation sites is 1. The van der Waals surface area contributed by atoms with E-state index < -0.39 is 16.7 Å². The van der Waals surface area contributed by atoms with E-state index in [0.29, 0.717) is 3.82 Å². The Bertz CT molecular complexity index is 347. The van der Waals surface area contributed by atoms with E-state index in [-0.39, 0.29) is 5.69 Å². The van der Waals surface area contributed by atoms with Gasteiger partial charge in [0.2, 0.25) is 10.9 Å². The summed E-state index contributed by atoms with van der Waals surface area (Å²) in [4.78, 5) is 0. The van der Waals surface area contributed by atoms with Crippen LogP contribution < -0.4 is 3.82 Å². The zero-order chi connectivity index (χ0) is 9.14. The van der Waals surface area contributed by atoms with E-state index in [9.17, 15) is 12.8 Å². The predicted octanol–water partition coefficient (Wildman–Crippen LogP) is 1.31. The van der Waals surface area contributed by atoms with Crippen LogP contribution in [0.15, 0.2) is 24.3 Å². The molecule has 1 aromatic carbocycles. The monoisotopic (exact) mass is 209 g/mol. The fourth-order valence-electron chi connectivity index (χ4n) is 0.689. The zero-order valence-corrected chi connectivity index (χ0v) is 7.43. The van der Waals surface area contributed by atoms with E-state index in [1.165, 1.54) is 18.2 Å². The second kappa shape index (κ2) is 3.73. The number of thiol groups is 1. The van der Waals surface area contributed by atoms with Crippen LogP contribution in [0.5, 0.6) is 0 Å². The van der Waals surface area contributed by atoms with Gasteiger partial charge in [-0.15, -0.1) is 0 Å². The molecule has 6 heteroatoms. The van der Waals surface area contributed by atoms with Gasteiger partial charge in [0.1, 0.15) is 11.5 Å². The van der Waals surface area contributed by atoms with E-state index >= 15 is 0 Å². The third kappa shape index (κ3) is 1.86. The summed E-state index contributed by atoms with van der Waals surface area (Å²) in [7, 11) is -3.00. The molecule has 0 aliphatic heterocycles. The molecule has 0 spiro atoms. The van der Waals surface area contributed by atoms with Gasteiger partial charge in [-0.25, -0.2) is 12.8 Å². The normalized spacial score (nSPS) is 10.2. The number of benzene rings is 1. The lowest BCUT2D eigenvalue weighted by Crippen LogP contribution is -2.08. The lowest BCUT2D eigenvalue weighted by Gasteiger charge is -2.07. The van der Waals surface area contributed by atoms with Crippen LogP contribution in [0.1, 0.15) is 0 Å². The third-order valence-corrected chi connectivity index (χ3v) is 2.25. The molecule has 0 heterocycles. The number of hydrogen-bond donors (Lipinski definition) is 1. The van der Waals surface area contributed by atoms with Crippen LogP contribution in [0, 0.1) is 5.82 Å². The number of anilines is 1. The lowest BCUT2D eigenvalue weighted by molar-refractivity contribution is 0.610. The molecule has 0 fully saturated rings. The Balaban J connectivity index is 3.11. The SMILES string of the molecule is O=[SH](=O)N(Cl)c1ccccc1F. The Morgan fingerprint density at radius 2 is 1.92 bits per heavy atom. The van der Waals surface area contributed by atoms with Crippen molar-refractivity contribution in [2.24, 2.45) is 0 Å². The molecule has 0 saturated heterocycles. The summed E-state index contributed by atoms with van der Waals surface area (Å²) in [6, 6.07) is 5.34. The number of halogens is 2.